The van der Waals surface area contributed by atoms with Gasteiger partial charge in [0.15, 0.2) is 5.78 Å². The molecule has 0 bridgehead atoms. The molecule has 1 aromatic rings. The fourth-order valence-corrected chi connectivity index (χ4v) is 0.912. The van der Waals surface area contributed by atoms with Gasteiger partial charge in [0, 0.05) is 6.42 Å². The summed E-state index contributed by atoms with van der Waals surface area (Å²) in [5, 5.41) is 0. The highest BCUT2D eigenvalue weighted by atomic mass is 16.1. The summed E-state index contributed by atoms with van der Waals surface area (Å²) in [4.78, 5) is 10.9. The lowest BCUT2D eigenvalue weighted by atomic mass is 10.1. The quantitative estimate of drug-likeness (QED) is 0.649. The molecule has 0 aliphatic carbocycles. The fourth-order valence-electron chi connectivity index (χ4n) is 0.912. The average Bonchev–Trinajstić information content (AvgIpc) is 2.06. The Kier molecular flexibility index (Phi) is 2.81. The molecule has 0 fully saturated rings. The van der Waals surface area contributed by atoms with E-state index in [9.17, 15) is 4.79 Å². The lowest BCUT2D eigenvalue weighted by Crippen LogP contribution is -2.54. The maximum Gasteiger partial charge on any atom is 0.190 e. The highest BCUT2D eigenvalue weighted by Crippen LogP contribution is 1.98. The molecule has 58 valence electrons. The Morgan fingerprint density at radius 3 is 2.45 bits per heavy atom. The summed E-state index contributed by atoms with van der Waals surface area (Å²) in [6, 6.07) is 9.72. The summed E-state index contributed by atoms with van der Waals surface area (Å²) in [7, 11) is 0. The van der Waals surface area contributed by atoms with E-state index in [0.717, 1.165) is 5.56 Å². The van der Waals surface area contributed by atoms with Crippen LogP contribution in [0.1, 0.15) is 5.56 Å². The third-order valence-corrected chi connectivity index (χ3v) is 1.52. The van der Waals surface area contributed by atoms with E-state index in [-0.39, 0.29) is 5.78 Å². The monoisotopic (exact) mass is 150 g/mol. The predicted octanol–water partition coefficient (Wildman–Crippen LogP) is 0.0401. The summed E-state index contributed by atoms with van der Waals surface area (Å²) in [5.41, 5.74) is 4.60. The van der Waals surface area contributed by atoms with Gasteiger partial charge in [-0.2, -0.15) is 0 Å². The van der Waals surface area contributed by atoms with Gasteiger partial charge in [0.05, 0.1) is 0 Å². The number of carbonyl (C=O) groups excluding carboxylic acids is 1. The second kappa shape index (κ2) is 3.88. The highest BCUT2D eigenvalue weighted by molar-refractivity contribution is 5.81. The van der Waals surface area contributed by atoms with Crippen LogP contribution in [0, 0.1) is 0 Å². The first-order valence-corrected chi connectivity index (χ1v) is 3.68. The Morgan fingerprint density at radius 1 is 1.27 bits per heavy atom. The van der Waals surface area contributed by atoms with Crippen LogP contribution >= 0.6 is 0 Å². The Morgan fingerprint density at radius 2 is 1.91 bits per heavy atom. The van der Waals surface area contributed by atoms with Crippen molar-refractivity contribution in [3.63, 3.8) is 0 Å². The van der Waals surface area contributed by atoms with E-state index in [2.05, 4.69) is 5.73 Å². The fraction of sp³-hybridized carbons (Fsp3) is 0.222. The van der Waals surface area contributed by atoms with Crippen molar-refractivity contribution >= 4 is 5.78 Å². The molecular formula is C9H12NO+. The molecule has 3 N–H and O–H groups in total. The van der Waals surface area contributed by atoms with Gasteiger partial charge in [0.2, 0.25) is 0 Å². The SMILES string of the molecule is [NH3+]CC(=O)Cc1ccccc1. The molecule has 0 heterocycles. The van der Waals surface area contributed by atoms with Crippen LogP contribution in [-0.4, -0.2) is 12.3 Å². The van der Waals surface area contributed by atoms with Crippen molar-refractivity contribution in [2.75, 3.05) is 6.54 Å². The first-order valence-electron chi connectivity index (χ1n) is 3.68. The first-order chi connectivity index (χ1) is 5.33. The van der Waals surface area contributed by atoms with E-state index < -0.39 is 0 Å². The summed E-state index contributed by atoms with van der Waals surface area (Å²) < 4.78 is 0. The summed E-state index contributed by atoms with van der Waals surface area (Å²) in [6.07, 6.45) is 0.518. The molecule has 0 atom stereocenters. The maximum atomic E-state index is 10.9. The summed E-state index contributed by atoms with van der Waals surface area (Å²) in [5.74, 6) is 0.191. The molecule has 0 amide bonds. The van der Waals surface area contributed by atoms with Crippen LogP contribution in [0.5, 0.6) is 0 Å². The number of rotatable bonds is 3. The topological polar surface area (TPSA) is 44.7 Å². The molecule has 11 heavy (non-hydrogen) atoms. The molecule has 0 aromatic heterocycles. The second-order valence-electron chi connectivity index (χ2n) is 2.45. The minimum atomic E-state index is 0.191. The lowest BCUT2D eigenvalue weighted by molar-refractivity contribution is -0.354. The molecule has 0 radical (unpaired) electrons. The highest BCUT2D eigenvalue weighted by Gasteiger charge is 2.00. The summed E-state index contributed by atoms with van der Waals surface area (Å²) >= 11 is 0. The Bertz CT molecular complexity index is 231. The zero-order chi connectivity index (χ0) is 8.10. The van der Waals surface area contributed by atoms with Crippen LogP contribution < -0.4 is 5.73 Å². The number of carbonyl (C=O) groups is 1. The molecule has 0 saturated carbocycles. The van der Waals surface area contributed by atoms with Crippen molar-refractivity contribution in [3.8, 4) is 0 Å². The molecule has 0 spiro atoms. The number of hydrogen-bond acceptors (Lipinski definition) is 1. The normalized spacial score (nSPS) is 9.55. The van der Waals surface area contributed by atoms with E-state index in [1.165, 1.54) is 0 Å². The smallest absolute Gasteiger partial charge is 0.190 e. The molecule has 2 heteroatoms. The van der Waals surface area contributed by atoms with Gasteiger partial charge in [-0.05, 0) is 5.56 Å². The van der Waals surface area contributed by atoms with Crippen molar-refractivity contribution in [2.45, 2.75) is 6.42 Å². The van der Waals surface area contributed by atoms with Crippen LogP contribution in [0.2, 0.25) is 0 Å². The van der Waals surface area contributed by atoms with Crippen LogP contribution in [0.25, 0.3) is 0 Å². The van der Waals surface area contributed by atoms with E-state index >= 15 is 0 Å². The van der Waals surface area contributed by atoms with Gasteiger partial charge in [0.25, 0.3) is 0 Å². The molecule has 1 rings (SSSR count). The molecule has 0 saturated heterocycles. The zero-order valence-electron chi connectivity index (χ0n) is 6.42. The van der Waals surface area contributed by atoms with Gasteiger partial charge in [-0.25, -0.2) is 0 Å². The minimum absolute atomic E-state index is 0.191. The van der Waals surface area contributed by atoms with Crippen LogP contribution in [0.15, 0.2) is 30.3 Å². The number of Topliss-reactive ketones (excluding diaryl/α,β-unsaturated/α-hetero) is 1. The van der Waals surface area contributed by atoms with Crippen molar-refractivity contribution in [3.05, 3.63) is 35.9 Å². The Balaban J connectivity index is 2.58. The molecule has 0 unspecified atom stereocenters. The van der Waals surface area contributed by atoms with Gasteiger partial charge >= 0.3 is 0 Å². The molecular weight excluding hydrogens is 138 g/mol. The lowest BCUT2D eigenvalue weighted by Gasteiger charge is -1.95. The first kappa shape index (κ1) is 7.95. The standard InChI is InChI=1S/C9H11NO/c10-7-9(11)6-8-4-2-1-3-5-8/h1-5H,6-7,10H2/p+1. The third-order valence-electron chi connectivity index (χ3n) is 1.52. The van der Waals surface area contributed by atoms with E-state index in [4.69, 9.17) is 0 Å². The van der Waals surface area contributed by atoms with Gasteiger partial charge in [-0.15, -0.1) is 0 Å². The van der Waals surface area contributed by atoms with E-state index in [0.29, 0.717) is 13.0 Å². The minimum Gasteiger partial charge on any atom is -0.351 e. The van der Waals surface area contributed by atoms with Crippen molar-refractivity contribution < 1.29 is 10.5 Å². The van der Waals surface area contributed by atoms with Gasteiger partial charge in [-0.1, -0.05) is 30.3 Å². The van der Waals surface area contributed by atoms with Crippen molar-refractivity contribution in [1.82, 2.24) is 0 Å². The number of quaternary nitrogens is 1. The predicted molar refractivity (Wildman–Crippen MR) is 42.9 cm³/mol. The van der Waals surface area contributed by atoms with Crippen molar-refractivity contribution in [1.29, 1.82) is 0 Å². The number of hydrogen-bond donors (Lipinski definition) is 1. The number of ketones is 1. The van der Waals surface area contributed by atoms with Gasteiger partial charge in [0.1, 0.15) is 6.54 Å². The van der Waals surface area contributed by atoms with Crippen molar-refractivity contribution in [2.24, 2.45) is 0 Å². The largest absolute Gasteiger partial charge is 0.351 e. The molecule has 2 nitrogen and oxygen atoms in total. The second-order valence-corrected chi connectivity index (χ2v) is 2.45. The van der Waals surface area contributed by atoms with E-state index in [1.807, 2.05) is 30.3 Å². The summed E-state index contributed by atoms with van der Waals surface area (Å²) in [6.45, 7) is 0.384. The molecule has 0 aliphatic rings. The van der Waals surface area contributed by atoms with Gasteiger partial charge in [-0.3, -0.25) is 4.79 Å². The van der Waals surface area contributed by atoms with Gasteiger partial charge < -0.3 is 5.73 Å². The molecule has 0 aliphatic heterocycles. The maximum absolute atomic E-state index is 10.9. The van der Waals surface area contributed by atoms with Crippen LogP contribution in [0.4, 0.5) is 0 Å². The van der Waals surface area contributed by atoms with Crippen LogP contribution in [0.3, 0.4) is 0 Å². The average molecular weight is 150 g/mol. The Labute approximate surface area is 66.0 Å². The van der Waals surface area contributed by atoms with E-state index in [1.54, 1.807) is 0 Å². The Hall–Kier alpha value is -1.15. The third kappa shape index (κ3) is 2.51. The zero-order valence-corrected chi connectivity index (χ0v) is 6.42. The number of benzene rings is 1. The van der Waals surface area contributed by atoms with Crippen LogP contribution in [-0.2, 0) is 11.2 Å². The molecule has 1 aromatic carbocycles.